The van der Waals surface area contributed by atoms with Crippen LogP contribution in [0.2, 0.25) is 0 Å². The third-order valence-electron chi connectivity index (χ3n) is 2.34. The summed E-state index contributed by atoms with van der Waals surface area (Å²) in [7, 11) is 0. The highest BCUT2D eigenvalue weighted by Crippen LogP contribution is 2.20. The van der Waals surface area contributed by atoms with Crippen molar-refractivity contribution in [1.82, 2.24) is 0 Å². The SMILES string of the molecule is C[C@@H](O)OC1C=Cc2ccccc2C1. The fourth-order valence-electron chi connectivity index (χ4n) is 1.72. The van der Waals surface area contributed by atoms with Gasteiger partial charge in [-0.25, -0.2) is 0 Å². The van der Waals surface area contributed by atoms with E-state index in [4.69, 9.17) is 9.84 Å². The molecule has 1 aromatic rings. The molecule has 74 valence electrons. The number of benzene rings is 1. The highest BCUT2D eigenvalue weighted by Gasteiger charge is 2.14. The highest BCUT2D eigenvalue weighted by atomic mass is 16.6. The summed E-state index contributed by atoms with van der Waals surface area (Å²) in [5.41, 5.74) is 2.53. The van der Waals surface area contributed by atoms with Crippen molar-refractivity contribution in [2.24, 2.45) is 0 Å². The van der Waals surface area contributed by atoms with Gasteiger partial charge in [-0.15, -0.1) is 0 Å². The first-order valence-electron chi connectivity index (χ1n) is 4.85. The second-order valence-electron chi connectivity index (χ2n) is 3.54. The highest BCUT2D eigenvalue weighted by molar-refractivity contribution is 5.57. The molecule has 0 bridgehead atoms. The van der Waals surface area contributed by atoms with Crippen LogP contribution in [-0.2, 0) is 11.2 Å². The molecule has 1 unspecified atom stereocenters. The first-order valence-corrected chi connectivity index (χ1v) is 4.85. The van der Waals surface area contributed by atoms with Crippen molar-refractivity contribution in [3.05, 3.63) is 41.5 Å². The van der Waals surface area contributed by atoms with Crippen molar-refractivity contribution in [2.45, 2.75) is 25.7 Å². The van der Waals surface area contributed by atoms with Crippen LogP contribution in [0, 0.1) is 0 Å². The number of fused-ring (bicyclic) bond motifs is 1. The van der Waals surface area contributed by atoms with E-state index in [-0.39, 0.29) is 6.10 Å². The third-order valence-corrected chi connectivity index (χ3v) is 2.34. The summed E-state index contributed by atoms with van der Waals surface area (Å²) < 4.78 is 5.32. The van der Waals surface area contributed by atoms with Gasteiger partial charge in [0.25, 0.3) is 0 Å². The molecule has 0 amide bonds. The van der Waals surface area contributed by atoms with E-state index in [1.54, 1.807) is 6.92 Å². The predicted octanol–water partition coefficient (Wildman–Crippen LogP) is 1.98. The lowest BCUT2D eigenvalue weighted by molar-refractivity contribution is -0.108. The Morgan fingerprint density at radius 2 is 2.21 bits per heavy atom. The number of hydrogen-bond acceptors (Lipinski definition) is 2. The predicted molar refractivity (Wildman–Crippen MR) is 55.7 cm³/mol. The average molecular weight is 190 g/mol. The Bertz CT molecular complexity index is 342. The standard InChI is InChI=1S/C12H14O2/c1-9(13)14-12-7-6-10-4-2-3-5-11(10)8-12/h2-7,9,12-13H,8H2,1H3/t9-,12?/m0/s1. The number of ether oxygens (including phenoxy) is 1. The summed E-state index contributed by atoms with van der Waals surface area (Å²) in [6.07, 6.45) is 4.19. The quantitative estimate of drug-likeness (QED) is 0.722. The van der Waals surface area contributed by atoms with Crippen LogP contribution >= 0.6 is 0 Å². The van der Waals surface area contributed by atoms with E-state index in [0.717, 1.165) is 6.42 Å². The van der Waals surface area contributed by atoms with Gasteiger partial charge in [0.2, 0.25) is 0 Å². The van der Waals surface area contributed by atoms with E-state index in [9.17, 15) is 0 Å². The Hall–Kier alpha value is -1.12. The molecule has 0 heterocycles. The Labute approximate surface area is 83.8 Å². The Morgan fingerprint density at radius 3 is 3.00 bits per heavy atom. The van der Waals surface area contributed by atoms with E-state index in [0.29, 0.717) is 0 Å². The minimum atomic E-state index is -0.699. The van der Waals surface area contributed by atoms with E-state index >= 15 is 0 Å². The topological polar surface area (TPSA) is 29.5 Å². The molecule has 0 radical (unpaired) electrons. The maximum Gasteiger partial charge on any atom is 0.152 e. The van der Waals surface area contributed by atoms with E-state index in [2.05, 4.69) is 12.1 Å². The molecule has 1 aliphatic rings. The molecule has 0 saturated carbocycles. The maximum absolute atomic E-state index is 9.10. The lowest BCUT2D eigenvalue weighted by Crippen LogP contribution is -2.21. The summed E-state index contributed by atoms with van der Waals surface area (Å²) in [4.78, 5) is 0. The molecule has 2 heteroatoms. The molecule has 1 N–H and O–H groups in total. The zero-order valence-corrected chi connectivity index (χ0v) is 8.18. The lowest BCUT2D eigenvalue weighted by atomic mass is 9.96. The van der Waals surface area contributed by atoms with Crippen molar-refractivity contribution in [2.75, 3.05) is 0 Å². The van der Waals surface area contributed by atoms with Crippen LogP contribution in [0.15, 0.2) is 30.3 Å². The summed E-state index contributed by atoms with van der Waals surface area (Å²) in [5, 5.41) is 9.10. The monoisotopic (exact) mass is 190 g/mol. The minimum Gasteiger partial charge on any atom is -0.368 e. The molecule has 2 atom stereocenters. The van der Waals surface area contributed by atoms with Crippen molar-refractivity contribution >= 4 is 6.08 Å². The third kappa shape index (κ3) is 2.03. The van der Waals surface area contributed by atoms with Crippen LogP contribution in [0.3, 0.4) is 0 Å². The fourth-order valence-corrected chi connectivity index (χ4v) is 1.72. The molecule has 0 spiro atoms. The number of aliphatic hydroxyl groups is 1. The fraction of sp³-hybridized carbons (Fsp3) is 0.333. The molecule has 0 aliphatic heterocycles. The Morgan fingerprint density at radius 1 is 1.43 bits per heavy atom. The summed E-state index contributed by atoms with van der Waals surface area (Å²) in [6, 6.07) is 8.23. The molecule has 0 fully saturated rings. The summed E-state index contributed by atoms with van der Waals surface area (Å²) >= 11 is 0. The van der Waals surface area contributed by atoms with Crippen LogP contribution in [0.25, 0.3) is 6.08 Å². The lowest BCUT2D eigenvalue weighted by Gasteiger charge is -2.21. The van der Waals surface area contributed by atoms with Gasteiger partial charge >= 0.3 is 0 Å². The molecule has 0 aromatic heterocycles. The van der Waals surface area contributed by atoms with Crippen LogP contribution in [0.5, 0.6) is 0 Å². The van der Waals surface area contributed by atoms with Crippen molar-refractivity contribution in [3.63, 3.8) is 0 Å². The van der Waals surface area contributed by atoms with Crippen LogP contribution in [0.1, 0.15) is 18.1 Å². The largest absolute Gasteiger partial charge is 0.368 e. The van der Waals surface area contributed by atoms with E-state index in [1.807, 2.05) is 24.3 Å². The van der Waals surface area contributed by atoms with Gasteiger partial charge in [-0.2, -0.15) is 0 Å². The van der Waals surface area contributed by atoms with Crippen molar-refractivity contribution in [3.8, 4) is 0 Å². The molecule has 0 saturated heterocycles. The second kappa shape index (κ2) is 3.95. The van der Waals surface area contributed by atoms with Crippen LogP contribution in [0.4, 0.5) is 0 Å². The molecule has 1 aromatic carbocycles. The summed E-state index contributed by atoms with van der Waals surface area (Å²) in [5.74, 6) is 0. The van der Waals surface area contributed by atoms with Gasteiger partial charge in [-0.05, 0) is 18.1 Å². The molecule has 2 rings (SSSR count). The Kier molecular flexibility index (Phi) is 2.66. The van der Waals surface area contributed by atoms with E-state index < -0.39 is 6.29 Å². The first-order chi connectivity index (χ1) is 6.75. The van der Waals surface area contributed by atoms with E-state index in [1.165, 1.54) is 11.1 Å². The molecule has 1 aliphatic carbocycles. The van der Waals surface area contributed by atoms with Gasteiger partial charge in [-0.1, -0.05) is 36.4 Å². The average Bonchev–Trinajstić information content (AvgIpc) is 2.17. The molecular weight excluding hydrogens is 176 g/mol. The van der Waals surface area contributed by atoms with Gasteiger partial charge in [0.1, 0.15) is 0 Å². The molecule has 2 nitrogen and oxygen atoms in total. The Balaban J connectivity index is 2.13. The first kappa shape index (κ1) is 9.44. The minimum absolute atomic E-state index is 0.00454. The maximum atomic E-state index is 9.10. The van der Waals surface area contributed by atoms with Gasteiger partial charge in [0.05, 0.1) is 6.10 Å². The van der Waals surface area contributed by atoms with Gasteiger partial charge in [0.15, 0.2) is 6.29 Å². The number of aliphatic hydroxyl groups excluding tert-OH is 1. The second-order valence-corrected chi connectivity index (χ2v) is 3.54. The molecular formula is C12H14O2. The zero-order valence-electron chi connectivity index (χ0n) is 8.18. The zero-order chi connectivity index (χ0) is 9.97. The smallest absolute Gasteiger partial charge is 0.152 e. The molecule has 14 heavy (non-hydrogen) atoms. The van der Waals surface area contributed by atoms with Crippen LogP contribution < -0.4 is 0 Å². The van der Waals surface area contributed by atoms with Crippen LogP contribution in [-0.4, -0.2) is 17.5 Å². The number of hydrogen-bond donors (Lipinski definition) is 1. The van der Waals surface area contributed by atoms with Gasteiger partial charge in [-0.3, -0.25) is 0 Å². The van der Waals surface area contributed by atoms with Crippen molar-refractivity contribution < 1.29 is 9.84 Å². The van der Waals surface area contributed by atoms with Gasteiger partial charge in [0, 0.05) is 6.42 Å². The van der Waals surface area contributed by atoms with Crippen molar-refractivity contribution in [1.29, 1.82) is 0 Å². The normalized spacial score (nSPS) is 21.7. The summed E-state index contributed by atoms with van der Waals surface area (Å²) in [6.45, 7) is 1.63. The van der Waals surface area contributed by atoms with Gasteiger partial charge < -0.3 is 9.84 Å². The number of rotatable bonds is 2.